The zero-order valence-electron chi connectivity index (χ0n) is 11.9. The van der Waals surface area contributed by atoms with E-state index in [1.165, 1.54) is 12.1 Å². The molecule has 0 aromatic heterocycles. The van der Waals surface area contributed by atoms with Crippen LogP contribution in [-0.2, 0) is 0 Å². The molecule has 0 atom stereocenters. The SMILES string of the molecule is Cc1cc(F)cc(C)c1C(=O)c1ccc2c(c1)OCCO2. The number of ketones is 1. The summed E-state index contributed by atoms with van der Waals surface area (Å²) in [7, 11) is 0. The Morgan fingerprint density at radius 2 is 1.62 bits per heavy atom. The summed E-state index contributed by atoms with van der Waals surface area (Å²) in [5.74, 6) is 0.751. The number of rotatable bonds is 2. The summed E-state index contributed by atoms with van der Waals surface area (Å²) < 4.78 is 24.3. The van der Waals surface area contributed by atoms with E-state index >= 15 is 0 Å². The lowest BCUT2D eigenvalue weighted by Gasteiger charge is -2.19. The Morgan fingerprint density at radius 3 is 2.29 bits per heavy atom. The zero-order chi connectivity index (χ0) is 15.0. The highest BCUT2D eigenvalue weighted by atomic mass is 19.1. The van der Waals surface area contributed by atoms with Gasteiger partial charge in [-0.2, -0.15) is 0 Å². The van der Waals surface area contributed by atoms with Crippen molar-refractivity contribution in [2.24, 2.45) is 0 Å². The van der Waals surface area contributed by atoms with Crippen LogP contribution in [0.3, 0.4) is 0 Å². The maximum absolute atomic E-state index is 13.4. The standard InChI is InChI=1S/C17H15FO3/c1-10-7-13(18)8-11(2)16(10)17(19)12-3-4-14-15(9-12)21-6-5-20-14/h3-4,7-9H,5-6H2,1-2H3. The van der Waals surface area contributed by atoms with Gasteiger partial charge in [0.2, 0.25) is 0 Å². The zero-order valence-corrected chi connectivity index (χ0v) is 11.9. The molecule has 0 unspecified atom stereocenters. The van der Waals surface area contributed by atoms with Gasteiger partial charge in [-0.3, -0.25) is 4.79 Å². The molecule has 108 valence electrons. The van der Waals surface area contributed by atoms with Gasteiger partial charge in [-0.25, -0.2) is 4.39 Å². The molecule has 1 aliphatic rings. The second-order valence-corrected chi connectivity index (χ2v) is 5.10. The molecule has 0 radical (unpaired) electrons. The van der Waals surface area contributed by atoms with Crippen LogP contribution in [0.15, 0.2) is 30.3 Å². The van der Waals surface area contributed by atoms with Crippen LogP contribution < -0.4 is 9.47 Å². The molecule has 2 aromatic rings. The first-order valence-corrected chi connectivity index (χ1v) is 6.77. The summed E-state index contributed by atoms with van der Waals surface area (Å²) in [6.07, 6.45) is 0. The molecule has 2 aromatic carbocycles. The number of hydrogen-bond acceptors (Lipinski definition) is 3. The molecule has 0 spiro atoms. The number of hydrogen-bond donors (Lipinski definition) is 0. The summed E-state index contributed by atoms with van der Waals surface area (Å²) in [4.78, 5) is 12.7. The van der Waals surface area contributed by atoms with E-state index in [9.17, 15) is 9.18 Å². The van der Waals surface area contributed by atoms with Crippen LogP contribution in [0.4, 0.5) is 4.39 Å². The van der Waals surface area contributed by atoms with E-state index in [-0.39, 0.29) is 11.6 Å². The molecule has 0 amide bonds. The molecular weight excluding hydrogens is 271 g/mol. The highest BCUT2D eigenvalue weighted by Crippen LogP contribution is 2.32. The number of ether oxygens (including phenoxy) is 2. The smallest absolute Gasteiger partial charge is 0.193 e. The molecule has 0 bridgehead atoms. The predicted octanol–water partition coefficient (Wildman–Crippen LogP) is 3.44. The van der Waals surface area contributed by atoms with Crippen molar-refractivity contribution in [3.8, 4) is 11.5 Å². The lowest BCUT2D eigenvalue weighted by Crippen LogP contribution is -2.16. The highest BCUT2D eigenvalue weighted by molar-refractivity contribution is 6.11. The van der Waals surface area contributed by atoms with Crippen molar-refractivity contribution in [2.45, 2.75) is 13.8 Å². The summed E-state index contributed by atoms with van der Waals surface area (Å²) in [5.41, 5.74) is 2.31. The second-order valence-electron chi connectivity index (χ2n) is 5.10. The quantitative estimate of drug-likeness (QED) is 0.793. The molecule has 1 heterocycles. The summed E-state index contributed by atoms with van der Waals surface area (Å²) >= 11 is 0. The Hall–Kier alpha value is -2.36. The van der Waals surface area contributed by atoms with Crippen LogP contribution in [0.5, 0.6) is 11.5 Å². The Balaban J connectivity index is 2.03. The van der Waals surface area contributed by atoms with E-state index in [4.69, 9.17) is 9.47 Å². The van der Waals surface area contributed by atoms with Gasteiger partial charge in [-0.1, -0.05) is 0 Å². The Labute approximate surface area is 122 Å². The number of halogens is 1. The first-order valence-electron chi connectivity index (χ1n) is 6.77. The average Bonchev–Trinajstić information content (AvgIpc) is 2.45. The molecule has 21 heavy (non-hydrogen) atoms. The maximum Gasteiger partial charge on any atom is 0.193 e. The van der Waals surface area contributed by atoms with Gasteiger partial charge in [0.1, 0.15) is 19.0 Å². The van der Waals surface area contributed by atoms with E-state index in [1.54, 1.807) is 32.0 Å². The molecule has 0 saturated heterocycles. The minimum absolute atomic E-state index is 0.137. The Morgan fingerprint density at radius 1 is 1.00 bits per heavy atom. The molecule has 1 aliphatic heterocycles. The normalized spacial score (nSPS) is 13.1. The van der Waals surface area contributed by atoms with Crippen LogP contribution >= 0.6 is 0 Å². The highest BCUT2D eigenvalue weighted by Gasteiger charge is 2.19. The van der Waals surface area contributed by atoms with Crippen molar-refractivity contribution in [3.05, 3.63) is 58.4 Å². The van der Waals surface area contributed by atoms with Crippen molar-refractivity contribution in [1.29, 1.82) is 0 Å². The van der Waals surface area contributed by atoms with Crippen molar-refractivity contribution in [1.82, 2.24) is 0 Å². The summed E-state index contributed by atoms with van der Waals surface area (Å²) in [6.45, 7) is 4.46. The number of aryl methyl sites for hydroxylation is 2. The second kappa shape index (κ2) is 5.20. The molecule has 4 heteroatoms. The first-order chi connectivity index (χ1) is 10.1. The number of benzene rings is 2. The lowest BCUT2D eigenvalue weighted by atomic mass is 9.94. The van der Waals surface area contributed by atoms with Gasteiger partial charge < -0.3 is 9.47 Å². The van der Waals surface area contributed by atoms with Gasteiger partial charge >= 0.3 is 0 Å². The molecule has 0 aliphatic carbocycles. The Kier molecular flexibility index (Phi) is 3.37. The van der Waals surface area contributed by atoms with Gasteiger partial charge in [0.15, 0.2) is 17.3 Å². The number of carbonyl (C=O) groups excluding carboxylic acids is 1. The van der Waals surface area contributed by atoms with Crippen molar-refractivity contribution < 1.29 is 18.7 Å². The van der Waals surface area contributed by atoms with Gasteiger partial charge in [0, 0.05) is 11.1 Å². The van der Waals surface area contributed by atoms with Crippen molar-refractivity contribution >= 4 is 5.78 Å². The van der Waals surface area contributed by atoms with E-state index < -0.39 is 0 Å². The van der Waals surface area contributed by atoms with Crippen LogP contribution in [-0.4, -0.2) is 19.0 Å². The minimum Gasteiger partial charge on any atom is -0.486 e. The summed E-state index contributed by atoms with van der Waals surface area (Å²) in [6, 6.07) is 7.86. The van der Waals surface area contributed by atoms with Gasteiger partial charge in [-0.05, 0) is 55.3 Å². The predicted molar refractivity (Wildman–Crippen MR) is 76.7 cm³/mol. The van der Waals surface area contributed by atoms with Crippen molar-refractivity contribution in [3.63, 3.8) is 0 Å². The van der Waals surface area contributed by atoms with Gasteiger partial charge in [-0.15, -0.1) is 0 Å². The molecule has 3 nitrogen and oxygen atoms in total. The van der Waals surface area contributed by atoms with E-state index in [2.05, 4.69) is 0 Å². The Bertz CT molecular complexity index is 699. The average molecular weight is 286 g/mol. The van der Waals surface area contributed by atoms with E-state index in [1.807, 2.05) is 0 Å². The molecule has 0 N–H and O–H groups in total. The fraction of sp³-hybridized carbons (Fsp3) is 0.235. The number of fused-ring (bicyclic) bond motifs is 1. The molecule has 0 fully saturated rings. The topological polar surface area (TPSA) is 35.5 Å². The lowest BCUT2D eigenvalue weighted by molar-refractivity contribution is 0.103. The third kappa shape index (κ3) is 2.49. The summed E-state index contributed by atoms with van der Waals surface area (Å²) in [5, 5.41) is 0. The maximum atomic E-state index is 13.4. The molecule has 0 saturated carbocycles. The van der Waals surface area contributed by atoms with Gasteiger partial charge in [0.25, 0.3) is 0 Å². The van der Waals surface area contributed by atoms with Crippen molar-refractivity contribution in [2.75, 3.05) is 13.2 Å². The van der Waals surface area contributed by atoms with Crippen LogP contribution in [0.2, 0.25) is 0 Å². The largest absolute Gasteiger partial charge is 0.486 e. The van der Waals surface area contributed by atoms with Crippen LogP contribution in [0.25, 0.3) is 0 Å². The number of carbonyl (C=O) groups is 1. The van der Waals surface area contributed by atoms with E-state index in [0.29, 0.717) is 47.0 Å². The molecular formula is C17H15FO3. The van der Waals surface area contributed by atoms with E-state index in [0.717, 1.165) is 0 Å². The minimum atomic E-state index is -0.330. The third-order valence-electron chi connectivity index (χ3n) is 3.53. The van der Waals surface area contributed by atoms with Gasteiger partial charge in [0.05, 0.1) is 0 Å². The molecule has 3 rings (SSSR count). The monoisotopic (exact) mass is 286 g/mol. The van der Waals surface area contributed by atoms with Crippen LogP contribution in [0, 0.1) is 19.7 Å². The fourth-order valence-corrected chi connectivity index (χ4v) is 2.60. The van der Waals surface area contributed by atoms with Crippen LogP contribution in [0.1, 0.15) is 27.0 Å². The third-order valence-corrected chi connectivity index (χ3v) is 3.53. The fourth-order valence-electron chi connectivity index (χ4n) is 2.60. The first kappa shape index (κ1) is 13.6.